The molecule has 1 aromatic carbocycles. The Kier molecular flexibility index (Phi) is 5.32. The summed E-state index contributed by atoms with van der Waals surface area (Å²) < 4.78 is 3.70. The van der Waals surface area contributed by atoms with Crippen LogP contribution in [0.4, 0.5) is 0 Å². The minimum atomic E-state index is -0.134. The van der Waals surface area contributed by atoms with E-state index in [-0.39, 0.29) is 11.9 Å². The molecule has 140 valence electrons. The van der Waals surface area contributed by atoms with E-state index in [1.807, 2.05) is 59.4 Å². The summed E-state index contributed by atoms with van der Waals surface area (Å²) in [6, 6.07) is 14.2. The van der Waals surface area contributed by atoms with Crippen molar-refractivity contribution in [2.45, 2.75) is 51.1 Å². The van der Waals surface area contributed by atoms with Crippen molar-refractivity contribution < 1.29 is 4.79 Å². The first kappa shape index (κ1) is 17.5. The SMILES string of the molecule is O=C(NC1CCCCCC1)c1nnn(Cc2ccccc2)c1-n1cccc1. The summed E-state index contributed by atoms with van der Waals surface area (Å²) in [4.78, 5) is 13.0. The van der Waals surface area contributed by atoms with Gasteiger partial charge in [0.05, 0.1) is 6.54 Å². The maximum atomic E-state index is 13.0. The van der Waals surface area contributed by atoms with Gasteiger partial charge >= 0.3 is 0 Å². The molecule has 0 unspecified atom stereocenters. The third-order valence-corrected chi connectivity index (χ3v) is 5.14. The van der Waals surface area contributed by atoms with Crippen LogP contribution in [-0.2, 0) is 6.54 Å². The van der Waals surface area contributed by atoms with E-state index in [1.54, 1.807) is 4.68 Å². The van der Waals surface area contributed by atoms with Crippen LogP contribution >= 0.6 is 0 Å². The lowest BCUT2D eigenvalue weighted by molar-refractivity contribution is 0.0928. The maximum absolute atomic E-state index is 13.0. The van der Waals surface area contributed by atoms with Crippen molar-refractivity contribution in [2.24, 2.45) is 0 Å². The Labute approximate surface area is 159 Å². The fourth-order valence-electron chi connectivity index (χ4n) is 3.73. The summed E-state index contributed by atoms with van der Waals surface area (Å²) in [5, 5.41) is 11.7. The number of amides is 1. The molecule has 3 aromatic rings. The molecule has 0 aliphatic heterocycles. The third kappa shape index (κ3) is 4.10. The van der Waals surface area contributed by atoms with Gasteiger partial charge < -0.3 is 9.88 Å². The van der Waals surface area contributed by atoms with Crippen molar-refractivity contribution in [3.63, 3.8) is 0 Å². The zero-order chi connectivity index (χ0) is 18.5. The second-order valence-corrected chi connectivity index (χ2v) is 7.16. The molecular weight excluding hydrogens is 338 g/mol. The molecule has 2 aromatic heterocycles. The summed E-state index contributed by atoms with van der Waals surface area (Å²) in [6.45, 7) is 0.568. The van der Waals surface area contributed by atoms with Gasteiger partial charge in [-0.2, -0.15) is 0 Å². The van der Waals surface area contributed by atoms with Gasteiger partial charge in [-0.15, -0.1) is 5.10 Å². The fraction of sp³-hybridized carbons (Fsp3) is 0.381. The van der Waals surface area contributed by atoms with Gasteiger partial charge in [0.15, 0.2) is 11.5 Å². The highest BCUT2D eigenvalue weighted by Gasteiger charge is 2.24. The minimum absolute atomic E-state index is 0.134. The molecule has 1 fully saturated rings. The summed E-state index contributed by atoms with van der Waals surface area (Å²) in [5.41, 5.74) is 1.50. The Morgan fingerprint density at radius 3 is 2.41 bits per heavy atom. The van der Waals surface area contributed by atoms with Gasteiger partial charge in [0.1, 0.15) is 0 Å². The Balaban J connectivity index is 1.61. The summed E-state index contributed by atoms with van der Waals surface area (Å²) >= 11 is 0. The lowest BCUT2D eigenvalue weighted by Gasteiger charge is -2.16. The Hall–Kier alpha value is -2.89. The highest BCUT2D eigenvalue weighted by molar-refractivity contribution is 5.95. The zero-order valence-corrected chi connectivity index (χ0v) is 15.4. The molecule has 4 rings (SSSR count). The topological polar surface area (TPSA) is 64.7 Å². The van der Waals surface area contributed by atoms with Gasteiger partial charge in [0, 0.05) is 18.4 Å². The predicted octanol–water partition coefficient (Wildman–Crippen LogP) is 3.57. The number of nitrogens with zero attached hydrogens (tertiary/aromatic N) is 4. The highest BCUT2D eigenvalue weighted by atomic mass is 16.2. The van der Waals surface area contributed by atoms with Crippen LogP contribution in [0.1, 0.15) is 54.6 Å². The fourth-order valence-corrected chi connectivity index (χ4v) is 3.73. The molecule has 6 nitrogen and oxygen atoms in total. The monoisotopic (exact) mass is 363 g/mol. The number of hydrogen-bond acceptors (Lipinski definition) is 3. The Morgan fingerprint density at radius 2 is 1.70 bits per heavy atom. The molecule has 1 saturated carbocycles. The van der Waals surface area contributed by atoms with Gasteiger partial charge in [-0.3, -0.25) is 4.79 Å². The maximum Gasteiger partial charge on any atom is 0.275 e. The molecular formula is C21H25N5O. The van der Waals surface area contributed by atoms with Crippen molar-refractivity contribution in [3.05, 3.63) is 66.1 Å². The smallest absolute Gasteiger partial charge is 0.275 e. The van der Waals surface area contributed by atoms with E-state index in [4.69, 9.17) is 0 Å². The largest absolute Gasteiger partial charge is 0.348 e. The van der Waals surface area contributed by atoms with E-state index in [0.29, 0.717) is 18.1 Å². The average Bonchev–Trinajstić information content (AvgIpc) is 3.28. The number of aromatic nitrogens is 4. The van der Waals surface area contributed by atoms with Gasteiger partial charge in [-0.1, -0.05) is 61.2 Å². The van der Waals surface area contributed by atoms with E-state index in [9.17, 15) is 4.79 Å². The molecule has 2 heterocycles. The van der Waals surface area contributed by atoms with E-state index in [2.05, 4.69) is 15.6 Å². The Morgan fingerprint density at radius 1 is 1.00 bits per heavy atom. The van der Waals surface area contributed by atoms with Gasteiger partial charge in [0.2, 0.25) is 0 Å². The lowest BCUT2D eigenvalue weighted by atomic mass is 10.1. The summed E-state index contributed by atoms with van der Waals surface area (Å²) in [5.74, 6) is 0.569. The molecule has 0 radical (unpaired) electrons. The van der Waals surface area contributed by atoms with Crippen LogP contribution < -0.4 is 5.32 Å². The molecule has 1 aliphatic rings. The number of carbonyl (C=O) groups excluding carboxylic acids is 1. The van der Waals surface area contributed by atoms with E-state index >= 15 is 0 Å². The van der Waals surface area contributed by atoms with Gasteiger partial charge in [-0.25, -0.2) is 4.68 Å². The van der Waals surface area contributed by atoms with Crippen LogP contribution in [0.15, 0.2) is 54.9 Å². The van der Waals surface area contributed by atoms with Crippen LogP contribution in [0, 0.1) is 0 Å². The molecule has 1 N–H and O–H groups in total. The van der Waals surface area contributed by atoms with Crippen LogP contribution in [0.3, 0.4) is 0 Å². The zero-order valence-electron chi connectivity index (χ0n) is 15.4. The Bertz CT molecular complexity index is 861. The highest BCUT2D eigenvalue weighted by Crippen LogP contribution is 2.19. The van der Waals surface area contributed by atoms with E-state index < -0.39 is 0 Å². The van der Waals surface area contributed by atoms with Crippen molar-refractivity contribution in [1.82, 2.24) is 24.9 Å². The quantitative estimate of drug-likeness (QED) is 0.705. The molecule has 27 heavy (non-hydrogen) atoms. The van der Waals surface area contributed by atoms with Gasteiger partial charge in [0.25, 0.3) is 5.91 Å². The third-order valence-electron chi connectivity index (χ3n) is 5.14. The van der Waals surface area contributed by atoms with E-state index in [0.717, 1.165) is 18.4 Å². The number of hydrogen-bond donors (Lipinski definition) is 1. The number of rotatable bonds is 5. The van der Waals surface area contributed by atoms with Crippen molar-refractivity contribution in [3.8, 4) is 5.82 Å². The first-order valence-corrected chi connectivity index (χ1v) is 9.73. The first-order valence-electron chi connectivity index (χ1n) is 9.73. The minimum Gasteiger partial charge on any atom is -0.348 e. The van der Waals surface area contributed by atoms with Crippen LogP contribution in [0.2, 0.25) is 0 Å². The summed E-state index contributed by atoms with van der Waals surface area (Å²) in [6.07, 6.45) is 10.8. The molecule has 1 aliphatic carbocycles. The number of nitrogens with one attached hydrogen (secondary N) is 1. The van der Waals surface area contributed by atoms with Gasteiger partial charge in [-0.05, 0) is 30.5 Å². The van der Waals surface area contributed by atoms with E-state index in [1.165, 1.54) is 25.7 Å². The van der Waals surface area contributed by atoms with Crippen molar-refractivity contribution in [2.75, 3.05) is 0 Å². The molecule has 0 atom stereocenters. The van der Waals surface area contributed by atoms with Crippen molar-refractivity contribution in [1.29, 1.82) is 0 Å². The molecule has 0 saturated heterocycles. The van der Waals surface area contributed by atoms with Crippen molar-refractivity contribution >= 4 is 5.91 Å². The second-order valence-electron chi connectivity index (χ2n) is 7.16. The molecule has 6 heteroatoms. The predicted molar refractivity (Wildman–Crippen MR) is 104 cm³/mol. The molecule has 0 spiro atoms. The van der Waals surface area contributed by atoms with Crippen LogP contribution in [-0.4, -0.2) is 31.5 Å². The van der Waals surface area contributed by atoms with Crippen LogP contribution in [0.5, 0.6) is 0 Å². The second kappa shape index (κ2) is 8.20. The van der Waals surface area contributed by atoms with Crippen LogP contribution in [0.25, 0.3) is 5.82 Å². The number of carbonyl (C=O) groups is 1. The normalized spacial score (nSPS) is 15.4. The first-order chi connectivity index (χ1) is 13.3. The summed E-state index contributed by atoms with van der Waals surface area (Å²) in [7, 11) is 0. The standard InChI is InChI=1S/C21H25N5O/c27-20(22-18-12-6-1-2-7-13-18)19-21(25-14-8-9-15-25)26(24-23-19)16-17-10-4-3-5-11-17/h3-5,8-11,14-15,18H,1-2,6-7,12-13,16H2,(H,22,27). The molecule has 1 amide bonds. The molecule has 0 bridgehead atoms. The average molecular weight is 363 g/mol. The lowest BCUT2D eigenvalue weighted by Crippen LogP contribution is -2.35. The number of benzene rings is 1.